The molecule has 1 atom stereocenters. The summed E-state index contributed by atoms with van der Waals surface area (Å²) in [4.78, 5) is 11.0. The van der Waals surface area contributed by atoms with Crippen molar-refractivity contribution in [3.63, 3.8) is 0 Å². The Labute approximate surface area is 159 Å². The van der Waals surface area contributed by atoms with E-state index in [1.165, 1.54) is 17.7 Å². The molecule has 0 aromatic heterocycles. The second kappa shape index (κ2) is 9.00. The van der Waals surface area contributed by atoms with Gasteiger partial charge < -0.3 is 15.2 Å². The van der Waals surface area contributed by atoms with E-state index in [9.17, 15) is 9.18 Å². The van der Waals surface area contributed by atoms with E-state index in [1.54, 1.807) is 12.1 Å². The lowest BCUT2D eigenvalue weighted by Gasteiger charge is -2.29. The van der Waals surface area contributed by atoms with Gasteiger partial charge in [0, 0.05) is 12.1 Å². The third kappa shape index (κ3) is 5.54. The van der Waals surface area contributed by atoms with Crippen molar-refractivity contribution in [1.82, 2.24) is 5.32 Å². The molecule has 2 aromatic carbocycles. The molecule has 2 N–H and O–H groups in total. The molecule has 1 fully saturated rings. The van der Waals surface area contributed by atoms with Gasteiger partial charge in [0.2, 0.25) is 0 Å². The Hall–Kier alpha value is -2.40. The summed E-state index contributed by atoms with van der Waals surface area (Å²) in [5.74, 6) is -0.327. The number of carboxylic acid groups (broad SMARTS) is 1. The highest BCUT2D eigenvalue weighted by molar-refractivity contribution is 5.70. The summed E-state index contributed by atoms with van der Waals surface area (Å²) < 4.78 is 18.7. The number of carboxylic acids is 1. The first-order valence-corrected chi connectivity index (χ1v) is 9.47. The van der Waals surface area contributed by atoms with Crippen LogP contribution >= 0.6 is 0 Å². The van der Waals surface area contributed by atoms with Gasteiger partial charge in [0.1, 0.15) is 18.2 Å². The molecule has 4 nitrogen and oxygen atoms in total. The second-order valence-electron chi connectivity index (χ2n) is 7.26. The largest absolute Gasteiger partial charge is 0.489 e. The minimum atomic E-state index is -0.669. The molecule has 0 spiro atoms. The van der Waals surface area contributed by atoms with Crippen molar-refractivity contribution in [3.8, 4) is 5.75 Å². The Kier molecular flexibility index (Phi) is 6.45. The van der Waals surface area contributed by atoms with Crippen molar-refractivity contribution in [3.05, 3.63) is 65.5 Å². The molecule has 0 amide bonds. The quantitative estimate of drug-likeness (QED) is 0.741. The fourth-order valence-electron chi connectivity index (χ4n) is 3.56. The number of aliphatic carboxylic acids is 1. The Morgan fingerprint density at radius 2 is 1.74 bits per heavy atom. The summed E-state index contributed by atoms with van der Waals surface area (Å²) in [6, 6.07) is 14.8. The molecule has 27 heavy (non-hydrogen) atoms. The summed E-state index contributed by atoms with van der Waals surface area (Å²) in [5, 5.41) is 12.7. The minimum Gasteiger partial charge on any atom is -0.489 e. The van der Waals surface area contributed by atoms with E-state index >= 15 is 0 Å². The van der Waals surface area contributed by atoms with Crippen LogP contribution in [0.3, 0.4) is 0 Å². The van der Waals surface area contributed by atoms with Crippen LogP contribution in [0.4, 0.5) is 4.39 Å². The van der Waals surface area contributed by atoms with Crippen molar-refractivity contribution in [1.29, 1.82) is 0 Å². The summed E-state index contributed by atoms with van der Waals surface area (Å²) in [7, 11) is 0. The number of halogens is 1. The van der Waals surface area contributed by atoms with Crippen molar-refractivity contribution < 1.29 is 19.0 Å². The highest BCUT2D eigenvalue weighted by Gasteiger charge is 2.26. The molecule has 0 aliphatic heterocycles. The fraction of sp³-hybridized carbons (Fsp3) is 0.409. The van der Waals surface area contributed by atoms with Gasteiger partial charge in [-0.1, -0.05) is 24.3 Å². The first kappa shape index (κ1) is 19.4. The zero-order valence-electron chi connectivity index (χ0n) is 15.5. The Bertz CT molecular complexity index is 737. The van der Waals surface area contributed by atoms with Crippen molar-refractivity contribution in [2.45, 2.75) is 51.3 Å². The predicted molar refractivity (Wildman–Crippen MR) is 102 cm³/mol. The topological polar surface area (TPSA) is 58.6 Å². The summed E-state index contributed by atoms with van der Waals surface area (Å²) in [6.07, 6.45) is 3.30. The smallest absolute Gasteiger partial charge is 0.306 e. The standard InChI is InChI=1S/C22H26FNO3/c1-15(24-20-10-4-18(5-11-20)22(25)26)17-6-12-21(13-7-17)27-14-16-2-8-19(23)9-3-16/h2-3,6-9,12-13,15,18,20,24H,4-5,10-11,14H2,1H3,(H,25,26). The van der Waals surface area contributed by atoms with E-state index in [1.807, 2.05) is 24.3 Å². The van der Waals surface area contributed by atoms with E-state index in [4.69, 9.17) is 9.84 Å². The average Bonchev–Trinajstić information content (AvgIpc) is 2.68. The number of benzene rings is 2. The van der Waals surface area contributed by atoms with Gasteiger partial charge in [-0.2, -0.15) is 0 Å². The van der Waals surface area contributed by atoms with Gasteiger partial charge in [0.05, 0.1) is 5.92 Å². The molecule has 1 aliphatic rings. The lowest BCUT2D eigenvalue weighted by molar-refractivity contribution is -0.142. The molecule has 0 saturated heterocycles. The Balaban J connectivity index is 1.48. The number of carbonyl (C=O) groups is 1. The van der Waals surface area contributed by atoms with Crippen LogP contribution in [0.1, 0.15) is 49.8 Å². The first-order valence-electron chi connectivity index (χ1n) is 9.47. The Morgan fingerprint density at radius 3 is 2.33 bits per heavy atom. The molecular weight excluding hydrogens is 345 g/mol. The van der Waals surface area contributed by atoms with Gasteiger partial charge in [-0.15, -0.1) is 0 Å². The van der Waals surface area contributed by atoms with Gasteiger partial charge >= 0.3 is 5.97 Å². The number of hydrogen-bond acceptors (Lipinski definition) is 3. The summed E-state index contributed by atoms with van der Waals surface area (Å²) in [5.41, 5.74) is 2.09. The van der Waals surface area contributed by atoms with Crippen LogP contribution in [0, 0.1) is 11.7 Å². The molecule has 0 heterocycles. The van der Waals surface area contributed by atoms with Gasteiger partial charge in [-0.3, -0.25) is 4.79 Å². The number of ether oxygens (including phenoxy) is 1. The second-order valence-corrected chi connectivity index (χ2v) is 7.26. The highest BCUT2D eigenvalue weighted by atomic mass is 19.1. The number of hydrogen-bond donors (Lipinski definition) is 2. The normalized spacial score (nSPS) is 20.8. The van der Waals surface area contributed by atoms with E-state index in [-0.39, 0.29) is 17.8 Å². The van der Waals surface area contributed by atoms with E-state index in [2.05, 4.69) is 12.2 Å². The lowest BCUT2D eigenvalue weighted by atomic mass is 9.85. The zero-order valence-corrected chi connectivity index (χ0v) is 15.5. The molecule has 5 heteroatoms. The van der Waals surface area contributed by atoms with Gasteiger partial charge in [-0.05, 0) is 68.0 Å². The Morgan fingerprint density at radius 1 is 1.11 bits per heavy atom. The van der Waals surface area contributed by atoms with Crippen LogP contribution in [0.25, 0.3) is 0 Å². The average molecular weight is 371 g/mol. The van der Waals surface area contributed by atoms with Crippen molar-refractivity contribution in [2.24, 2.45) is 5.92 Å². The van der Waals surface area contributed by atoms with E-state index in [0.717, 1.165) is 37.0 Å². The van der Waals surface area contributed by atoms with Gasteiger partial charge in [0.15, 0.2) is 0 Å². The van der Waals surface area contributed by atoms with Crippen molar-refractivity contribution in [2.75, 3.05) is 0 Å². The first-order chi connectivity index (χ1) is 13.0. The van der Waals surface area contributed by atoms with Crippen LogP contribution in [-0.2, 0) is 11.4 Å². The fourth-order valence-corrected chi connectivity index (χ4v) is 3.56. The van der Waals surface area contributed by atoms with Crippen LogP contribution in [0.5, 0.6) is 5.75 Å². The predicted octanol–water partition coefficient (Wildman–Crippen LogP) is 4.70. The molecule has 0 bridgehead atoms. The van der Waals surface area contributed by atoms with Crippen LogP contribution in [0.15, 0.2) is 48.5 Å². The molecule has 144 valence electrons. The number of rotatable bonds is 7. The molecular formula is C22H26FNO3. The van der Waals surface area contributed by atoms with Gasteiger partial charge in [-0.25, -0.2) is 4.39 Å². The number of nitrogens with one attached hydrogen (secondary N) is 1. The minimum absolute atomic E-state index is 0.184. The molecule has 1 saturated carbocycles. The summed E-state index contributed by atoms with van der Waals surface area (Å²) in [6.45, 7) is 2.53. The SMILES string of the molecule is CC(NC1CCC(C(=O)O)CC1)c1ccc(OCc2ccc(F)cc2)cc1. The molecule has 3 rings (SSSR count). The molecule has 1 aliphatic carbocycles. The zero-order chi connectivity index (χ0) is 19.2. The maximum Gasteiger partial charge on any atom is 0.306 e. The molecule has 2 aromatic rings. The van der Waals surface area contributed by atoms with Crippen LogP contribution in [0.2, 0.25) is 0 Å². The third-order valence-corrected chi connectivity index (χ3v) is 5.26. The molecule has 0 radical (unpaired) electrons. The summed E-state index contributed by atoms with van der Waals surface area (Å²) >= 11 is 0. The van der Waals surface area contributed by atoms with Crippen LogP contribution in [-0.4, -0.2) is 17.1 Å². The highest BCUT2D eigenvalue weighted by Crippen LogP contribution is 2.27. The van der Waals surface area contributed by atoms with E-state index in [0.29, 0.717) is 12.6 Å². The van der Waals surface area contributed by atoms with Crippen molar-refractivity contribution >= 4 is 5.97 Å². The molecule has 1 unspecified atom stereocenters. The van der Waals surface area contributed by atoms with Gasteiger partial charge in [0.25, 0.3) is 0 Å². The maximum atomic E-state index is 12.9. The van der Waals surface area contributed by atoms with E-state index < -0.39 is 5.97 Å². The maximum absolute atomic E-state index is 12.9. The monoisotopic (exact) mass is 371 g/mol. The lowest BCUT2D eigenvalue weighted by Crippen LogP contribution is -2.36. The van der Waals surface area contributed by atoms with Crippen LogP contribution < -0.4 is 10.1 Å². The third-order valence-electron chi connectivity index (χ3n) is 5.26.